The second-order valence-electron chi connectivity index (χ2n) is 6.29. The molecule has 124 valence electrons. The van der Waals surface area contributed by atoms with Crippen molar-refractivity contribution in [3.8, 4) is 0 Å². The van der Waals surface area contributed by atoms with Gasteiger partial charge in [0.25, 0.3) is 5.91 Å². The maximum atomic E-state index is 12.5. The van der Waals surface area contributed by atoms with Crippen LogP contribution in [-0.2, 0) is 4.79 Å². The fraction of sp³-hybridized carbons (Fsp3) is 0.529. The maximum absolute atomic E-state index is 12.5. The molecule has 1 aliphatic carbocycles. The molecular weight excluding hydrogens is 405 g/mol. The van der Waals surface area contributed by atoms with E-state index in [4.69, 9.17) is 0 Å². The first-order valence-electron chi connectivity index (χ1n) is 8.14. The number of halogens is 1. The molecule has 6 heteroatoms. The number of carbonyl (C=O) groups is 2. The largest absolute Gasteiger partial charge is 0.352 e. The molecule has 2 amide bonds. The van der Waals surface area contributed by atoms with Crippen LogP contribution in [-0.4, -0.2) is 59.9 Å². The van der Waals surface area contributed by atoms with Gasteiger partial charge in [0, 0.05) is 41.4 Å². The van der Waals surface area contributed by atoms with Gasteiger partial charge >= 0.3 is 0 Å². The molecular formula is C17H22IN3O2. The first-order chi connectivity index (χ1) is 11.0. The lowest BCUT2D eigenvalue weighted by molar-refractivity contribution is -0.126. The summed E-state index contributed by atoms with van der Waals surface area (Å²) in [6.45, 7) is 4.79. The topological polar surface area (TPSA) is 52.7 Å². The van der Waals surface area contributed by atoms with Crippen molar-refractivity contribution in [3.05, 3.63) is 33.4 Å². The Bertz CT molecular complexity index is 578. The summed E-state index contributed by atoms with van der Waals surface area (Å²) in [6.07, 6.45) is 2.22. The van der Waals surface area contributed by atoms with Crippen LogP contribution in [0.3, 0.4) is 0 Å². The Labute approximate surface area is 150 Å². The molecule has 1 atom stereocenters. The number of benzene rings is 1. The summed E-state index contributed by atoms with van der Waals surface area (Å²) >= 11 is 2.23. The van der Waals surface area contributed by atoms with Gasteiger partial charge in [-0.3, -0.25) is 14.5 Å². The van der Waals surface area contributed by atoms with Crippen LogP contribution in [0.2, 0.25) is 0 Å². The van der Waals surface area contributed by atoms with E-state index < -0.39 is 0 Å². The first-order valence-corrected chi connectivity index (χ1v) is 9.22. The summed E-state index contributed by atoms with van der Waals surface area (Å²) in [4.78, 5) is 28.7. The van der Waals surface area contributed by atoms with Crippen molar-refractivity contribution in [3.63, 3.8) is 0 Å². The fourth-order valence-corrected chi connectivity index (χ4v) is 3.16. The van der Waals surface area contributed by atoms with Crippen molar-refractivity contribution < 1.29 is 9.59 Å². The molecule has 1 unspecified atom stereocenters. The lowest BCUT2D eigenvalue weighted by Crippen LogP contribution is -2.55. The highest BCUT2D eigenvalue weighted by atomic mass is 127. The molecule has 1 saturated heterocycles. The molecule has 5 nitrogen and oxygen atoms in total. The van der Waals surface area contributed by atoms with Crippen molar-refractivity contribution in [2.45, 2.75) is 31.8 Å². The Balaban J connectivity index is 1.52. The smallest absolute Gasteiger partial charge is 0.253 e. The van der Waals surface area contributed by atoms with E-state index in [-0.39, 0.29) is 17.9 Å². The van der Waals surface area contributed by atoms with Gasteiger partial charge in [-0.05, 0) is 66.6 Å². The third-order valence-electron chi connectivity index (χ3n) is 4.54. The molecule has 1 aromatic rings. The quantitative estimate of drug-likeness (QED) is 0.745. The van der Waals surface area contributed by atoms with Crippen LogP contribution in [0.15, 0.2) is 24.3 Å². The zero-order valence-corrected chi connectivity index (χ0v) is 15.5. The molecule has 0 radical (unpaired) electrons. The molecule has 2 aliphatic rings. The van der Waals surface area contributed by atoms with E-state index in [0.29, 0.717) is 19.1 Å². The first kappa shape index (κ1) is 16.7. The number of hydrogen-bond acceptors (Lipinski definition) is 3. The molecule has 23 heavy (non-hydrogen) atoms. The van der Waals surface area contributed by atoms with Gasteiger partial charge < -0.3 is 10.2 Å². The summed E-state index contributed by atoms with van der Waals surface area (Å²) < 4.78 is 1.12. The summed E-state index contributed by atoms with van der Waals surface area (Å²) in [5.74, 6) is 0.195. The SMILES string of the molecule is CC(C(=O)NC1CC1)N1CCN(C(=O)c2ccc(I)cc2)CC1. The van der Waals surface area contributed by atoms with Crippen LogP contribution in [0.1, 0.15) is 30.1 Å². The van der Waals surface area contributed by atoms with Crippen LogP contribution in [0.5, 0.6) is 0 Å². The standard InChI is InChI=1S/C17H22IN3O2/c1-12(16(22)19-15-6-7-15)20-8-10-21(11-9-20)17(23)13-2-4-14(18)5-3-13/h2-5,12,15H,6-11H2,1H3,(H,19,22). The molecule has 1 aliphatic heterocycles. The summed E-state index contributed by atoms with van der Waals surface area (Å²) in [6, 6.07) is 7.94. The van der Waals surface area contributed by atoms with E-state index in [1.165, 1.54) is 0 Å². The molecule has 2 fully saturated rings. The van der Waals surface area contributed by atoms with Gasteiger partial charge in [-0.2, -0.15) is 0 Å². The van der Waals surface area contributed by atoms with Crippen LogP contribution in [0.4, 0.5) is 0 Å². The molecule has 1 saturated carbocycles. The Morgan fingerprint density at radius 2 is 1.74 bits per heavy atom. The lowest BCUT2D eigenvalue weighted by atomic mass is 10.1. The minimum absolute atomic E-state index is 0.0798. The zero-order valence-electron chi connectivity index (χ0n) is 13.3. The van der Waals surface area contributed by atoms with Gasteiger partial charge in [0.05, 0.1) is 6.04 Å². The Morgan fingerprint density at radius 1 is 1.13 bits per heavy atom. The molecule has 0 spiro atoms. The van der Waals surface area contributed by atoms with E-state index in [2.05, 4.69) is 32.8 Å². The van der Waals surface area contributed by atoms with Gasteiger partial charge in [0.1, 0.15) is 0 Å². The number of amides is 2. The Morgan fingerprint density at radius 3 is 2.30 bits per heavy atom. The van der Waals surface area contributed by atoms with Crippen molar-refractivity contribution >= 4 is 34.4 Å². The fourth-order valence-electron chi connectivity index (χ4n) is 2.80. The van der Waals surface area contributed by atoms with E-state index in [1.54, 1.807) is 0 Å². The predicted octanol–water partition coefficient (Wildman–Crippen LogP) is 1.72. The highest BCUT2D eigenvalue weighted by Gasteiger charge is 2.31. The van der Waals surface area contributed by atoms with Crippen molar-refractivity contribution in [2.24, 2.45) is 0 Å². The van der Waals surface area contributed by atoms with Gasteiger partial charge in [0.15, 0.2) is 0 Å². The van der Waals surface area contributed by atoms with E-state index in [9.17, 15) is 9.59 Å². The predicted molar refractivity (Wildman–Crippen MR) is 97.3 cm³/mol. The molecule has 0 bridgehead atoms. The second-order valence-corrected chi connectivity index (χ2v) is 7.54. The number of piperazine rings is 1. The lowest BCUT2D eigenvalue weighted by Gasteiger charge is -2.37. The normalized spacial score (nSPS) is 20.2. The monoisotopic (exact) mass is 427 g/mol. The molecule has 3 rings (SSSR count). The van der Waals surface area contributed by atoms with Gasteiger partial charge in [-0.1, -0.05) is 0 Å². The highest BCUT2D eigenvalue weighted by molar-refractivity contribution is 14.1. The second kappa shape index (κ2) is 7.17. The molecule has 1 aromatic carbocycles. The minimum atomic E-state index is -0.119. The zero-order chi connectivity index (χ0) is 16.4. The number of carbonyl (C=O) groups excluding carboxylic acids is 2. The Kier molecular flexibility index (Phi) is 5.21. The maximum Gasteiger partial charge on any atom is 0.253 e. The third-order valence-corrected chi connectivity index (χ3v) is 5.26. The van der Waals surface area contributed by atoms with Crippen LogP contribution in [0, 0.1) is 3.57 Å². The molecule has 1 heterocycles. The van der Waals surface area contributed by atoms with Gasteiger partial charge in [0.2, 0.25) is 5.91 Å². The summed E-state index contributed by atoms with van der Waals surface area (Å²) in [5, 5.41) is 3.05. The average Bonchev–Trinajstić information content (AvgIpc) is 3.38. The van der Waals surface area contributed by atoms with Gasteiger partial charge in [-0.15, -0.1) is 0 Å². The average molecular weight is 427 g/mol. The van der Waals surface area contributed by atoms with Crippen LogP contribution >= 0.6 is 22.6 Å². The third kappa shape index (κ3) is 4.23. The molecule has 1 N–H and O–H groups in total. The van der Waals surface area contributed by atoms with Crippen molar-refractivity contribution in [2.75, 3.05) is 26.2 Å². The van der Waals surface area contributed by atoms with E-state index >= 15 is 0 Å². The minimum Gasteiger partial charge on any atom is -0.352 e. The number of nitrogens with one attached hydrogen (secondary N) is 1. The Hall–Kier alpha value is -1.15. The number of rotatable bonds is 4. The van der Waals surface area contributed by atoms with Crippen molar-refractivity contribution in [1.29, 1.82) is 0 Å². The van der Waals surface area contributed by atoms with E-state index in [0.717, 1.165) is 35.1 Å². The van der Waals surface area contributed by atoms with Gasteiger partial charge in [-0.25, -0.2) is 0 Å². The number of nitrogens with zero attached hydrogens (tertiary/aromatic N) is 2. The molecule has 0 aromatic heterocycles. The van der Waals surface area contributed by atoms with Crippen LogP contribution < -0.4 is 5.32 Å². The highest BCUT2D eigenvalue weighted by Crippen LogP contribution is 2.19. The summed E-state index contributed by atoms with van der Waals surface area (Å²) in [7, 11) is 0. The number of hydrogen-bond donors (Lipinski definition) is 1. The summed E-state index contributed by atoms with van der Waals surface area (Å²) in [5.41, 5.74) is 0.735. The van der Waals surface area contributed by atoms with Crippen molar-refractivity contribution in [1.82, 2.24) is 15.1 Å². The van der Waals surface area contributed by atoms with Crippen LogP contribution in [0.25, 0.3) is 0 Å². The van der Waals surface area contributed by atoms with E-state index in [1.807, 2.05) is 36.1 Å².